The van der Waals surface area contributed by atoms with Crippen molar-refractivity contribution in [3.8, 4) is 0 Å². The molecule has 1 aliphatic rings. The molecule has 124 valence electrons. The van der Waals surface area contributed by atoms with Crippen LogP contribution in [0.5, 0.6) is 0 Å². The summed E-state index contributed by atoms with van der Waals surface area (Å²) in [5, 5.41) is 13.3. The Kier molecular flexibility index (Phi) is 4.71. The molecule has 2 aromatic rings. The number of carboxylic acids is 1. The quantitative estimate of drug-likeness (QED) is 0.859. The first-order valence-electron chi connectivity index (χ1n) is 8.74. The summed E-state index contributed by atoms with van der Waals surface area (Å²) in [6.45, 7) is 5.17. The van der Waals surface area contributed by atoms with Crippen LogP contribution in [-0.2, 0) is 17.6 Å². The fourth-order valence-corrected chi connectivity index (χ4v) is 4.04. The lowest BCUT2D eigenvalue weighted by atomic mass is 9.85. The summed E-state index contributed by atoms with van der Waals surface area (Å²) in [4.78, 5) is 11.9. The van der Waals surface area contributed by atoms with Crippen LogP contribution in [0.3, 0.4) is 0 Å². The van der Waals surface area contributed by atoms with Crippen LogP contribution >= 0.6 is 0 Å². The predicted octanol–water partition coefficient (Wildman–Crippen LogP) is 3.37. The predicted molar refractivity (Wildman–Crippen MR) is 92.2 cm³/mol. The minimum Gasteiger partial charge on any atom is -0.481 e. The van der Waals surface area contributed by atoms with Crippen molar-refractivity contribution in [3.63, 3.8) is 0 Å². The van der Waals surface area contributed by atoms with Crippen LogP contribution in [0.2, 0.25) is 0 Å². The van der Waals surface area contributed by atoms with Crippen molar-refractivity contribution in [2.24, 2.45) is 0 Å². The van der Waals surface area contributed by atoms with Gasteiger partial charge >= 0.3 is 5.97 Å². The average molecular weight is 314 g/mol. The van der Waals surface area contributed by atoms with Crippen molar-refractivity contribution in [1.82, 2.24) is 9.72 Å². The molecular weight excluding hydrogens is 288 g/mol. The molecule has 0 spiro atoms. The molecule has 1 aliphatic carbocycles. The number of nitrogens with zero attached hydrogens (tertiary/aromatic N) is 1. The second-order valence-electron chi connectivity index (χ2n) is 6.47. The van der Waals surface area contributed by atoms with Gasteiger partial charge in [-0.2, -0.15) is 0 Å². The zero-order valence-corrected chi connectivity index (χ0v) is 14.0. The maximum Gasteiger partial charge on any atom is 0.311 e. The minimum atomic E-state index is -0.695. The highest BCUT2D eigenvalue weighted by Crippen LogP contribution is 2.37. The zero-order chi connectivity index (χ0) is 16.4. The van der Waals surface area contributed by atoms with Gasteiger partial charge in [0.05, 0.1) is 5.92 Å². The van der Waals surface area contributed by atoms with Crippen molar-refractivity contribution in [2.75, 3.05) is 6.54 Å². The number of aromatic nitrogens is 1. The lowest BCUT2D eigenvalue weighted by Gasteiger charge is -2.25. The first-order valence-corrected chi connectivity index (χ1v) is 8.74. The van der Waals surface area contributed by atoms with E-state index in [1.165, 1.54) is 11.3 Å². The largest absolute Gasteiger partial charge is 0.481 e. The van der Waals surface area contributed by atoms with Crippen LogP contribution in [0, 0.1) is 0 Å². The average Bonchev–Trinajstić information content (AvgIpc) is 2.87. The lowest BCUT2D eigenvalue weighted by molar-refractivity contribution is -0.139. The number of hydrogen-bond acceptors (Lipinski definition) is 2. The van der Waals surface area contributed by atoms with Crippen molar-refractivity contribution in [2.45, 2.75) is 57.9 Å². The Morgan fingerprint density at radius 3 is 2.96 bits per heavy atom. The van der Waals surface area contributed by atoms with E-state index in [1.807, 2.05) is 12.1 Å². The highest BCUT2D eigenvalue weighted by atomic mass is 16.4. The fraction of sp³-hybridized carbons (Fsp3) is 0.526. The molecule has 23 heavy (non-hydrogen) atoms. The third-order valence-electron chi connectivity index (χ3n) is 5.00. The van der Waals surface area contributed by atoms with E-state index in [0.717, 1.165) is 43.3 Å². The van der Waals surface area contributed by atoms with Crippen LogP contribution in [0.4, 0.5) is 0 Å². The molecule has 0 bridgehead atoms. The van der Waals surface area contributed by atoms with E-state index < -0.39 is 11.9 Å². The highest BCUT2D eigenvalue weighted by molar-refractivity contribution is 5.82. The van der Waals surface area contributed by atoms with Gasteiger partial charge in [0.1, 0.15) is 0 Å². The Labute approximate surface area is 137 Å². The smallest absolute Gasteiger partial charge is 0.311 e. The number of carboxylic acid groups (broad SMARTS) is 1. The van der Waals surface area contributed by atoms with Gasteiger partial charge in [-0.1, -0.05) is 26.3 Å². The Balaban J connectivity index is 2.14. The van der Waals surface area contributed by atoms with Crippen molar-refractivity contribution in [3.05, 3.63) is 41.2 Å². The number of nitrogens with one attached hydrogen (secondary N) is 1. The molecule has 0 fully saturated rings. The van der Waals surface area contributed by atoms with Gasteiger partial charge in [0.25, 0.3) is 0 Å². The van der Waals surface area contributed by atoms with E-state index in [1.54, 1.807) is 0 Å². The normalized spacial score (nSPS) is 18.8. The van der Waals surface area contributed by atoms with E-state index in [4.69, 9.17) is 0 Å². The molecule has 2 N–H and O–H groups in total. The summed E-state index contributed by atoms with van der Waals surface area (Å²) >= 11 is 0. The van der Waals surface area contributed by atoms with Gasteiger partial charge in [-0.3, -0.25) is 4.79 Å². The SMILES string of the molecule is CCCC(C(=O)O)c1c2c(n3ccccc13)C[C@H](NCC)CC2. The van der Waals surface area contributed by atoms with Crippen LogP contribution < -0.4 is 5.32 Å². The van der Waals surface area contributed by atoms with E-state index in [-0.39, 0.29) is 0 Å². The fourth-order valence-electron chi connectivity index (χ4n) is 4.04. The molecule has 2 aromatic heterocycles. The Hall–Kier alpha value is -1.81. The van der Waals surface area contributed by atoms with Gasteiger partial charge in [-0.15, -0.1) is 0 Å². The van der Waals surface area contributed by atoms with Gasteiger partial charge in [-0.25, -0.2) is 0 Å². The zero-order valence-electron chi connectivity index (χ0n) is 14.0. The molecular formula is C19H26N2O2. The maximum absolute atomic E-state index is 11.9. The summed E-state index contributed by atoms with van der Waals surface area (Å²) in [6.07, 6.45) is 6.70. The van der Waals surface area contributed by atoms with Crippen molar-refractivity contribution in [1.29, 1.82) is 0 Å². The van der Waals surface area contributed by atoms with Crippen LogP contribution in [0.15, 0.2) is 24.4 Å². The van der Waals surface area contributed by atoms with Crippen LogP contribution in [-0.4, -0.2) is 28.1 Å². The summed E-state index contributed by atoms with van der Waals surface area (Å²) in [7, 11) is 0. The van der Waals surface area contributed by atoms with E-state index in [9.17, 15) is 9.90 Å². The van der Waals surface area contributed by atoms with E-state index in [2.05, 4.69) is 35.8 Å². The summed E-state index contributed by atoms with van der Waals surface area (Å²) in [5.74, 6) is -1.09. The van der Waals surface area contributed by atoms with E-state index in [0.29, 0.717) is 12.5 Å². The second kappa shape index (κ2) is 6.75. The lowest BCUT2D eigenvalue weighted by Crippen LogP contribution is -2.34. The molecule has 0 radical (unpaired) electrons. The maximum atomic E-state index is 11.9. The van der Waals surface area contributed by atoms with Crippen LogP contribution in [0.1, 0.15) is 55.8 Å². The third-order valence-corrected chi connectivity index (χ3v) is 5.00. The molecule has 4 nitrogen and oxygen atoms in total. The molecule has 0 aliphatic heterocycles. The molecule has 1 unspecified atom stereocenters. The van der Waals surface area contributed by atoms with Gasteiger partial charge in [0, 0.05) is 29.9 Å². The molecule has 3 rings (SSSR count). The summed E-state index contributed by atoms with van der Waals surface area (Å²) < 4.78 is 2.22. The van der Waals surface area contributed by atoms with Crippen LogP contribution in [0.25, 0.3) is 5.52 Å². The highest BCUT2D eigenvalue weighted by Gasteiger charge is 2.31. The molecule has 0 saturated carbocycles. The monoisotopic (exact) mass is 314 g/mol. The van der Waals surface area contributed by atoms with E-state index >= 15 is 0 Å². The molecule has 0 saturated heterocycles. The molecule has 0 aromatic carbocycles. The molecule has 4 heteroatoms. The van der Waals surface area contributed by atoms with Gasteiger partial charge in [-0.05, 0) is 49.1 Å². The first kappa shape index (κ1) is 16.1. The molecule has 2 heterocycles. The number of rotatable bonds is 6. The Bertz CT molecular complexity index is 705. The molecule has 0 amide bonds. The number of fused-ring (bicyclic) bond motifs is 3. The number of likely N-dealkylation sites (N-methyl/N-ethyl adjacent to an activating group) is 1. The number of carbonyl (C=O) groups is 1. The first-order chi connectivity index (χ1) is 11.2. The Morgan fingerprint density at radius 2 is 2.26 bits per heavy atom. The second-order valence-corrected chi connectivity index (χ2v) is 6.47. The Morgan fingerprint density at radius 1 is 1.43 bits per heavy atom. The summed E-state index contributed by atoms with van der Waals surface area (Å²) in [6, 6.07) is 6.61. The van der Waals surface area contributed by atoms with Gasteiger partial charge in [0.2, 0.25) is 0 Å². The van der Waals surface area contributed by atoms with Crippen molar-refractivity contribution < 1.29 is 9.90 Å². The standard InChI is InChI=1S/C19H26N2O2/c1-3-7-15(19(22)23)18-14-10-9-13(20-4-2)12-17(14)21-11-6-5-8-16(18)21/h5-6,8,11,13,15,20H,3-4,7,9-10,12H2,1-2H3,(H,22,23)/t13-,15?/m1/s1. The number of hydrogen-bond donors (Lipinski definition) is 2. The minimum absolute atomic E-state index is 0.392. The van der Waals surface area contributed by atoms with Crippen molar-refractivity contribution >= 4 is 11.5 Å². The molecule has 2 atom stereocenters. The number of aliphatic carboxylic acids is 1. The topological polar surface area (TPSA) is 53.7 Å². The number of pyridine rings is 1. The van der Waals surface area contributed by atoms with Gasteiger partial charge < -0.3 is 14.8 Å². The summed E-state index contributed by atoms with van der Waals surface area (Å²) in [5.41, 5.74) is 4.72. The van der Waals surface area contributed by atoms with Gasteiger partial charge in [0.15, 0.2) is 0 Å². The third kappa shape index (κ3) is 2.88.